The lowest BCUT2D eigenvalue weighted by Gasteiger charge is -2.23. The van der Waals surface area contributed by atoms with Gasteiger partial charge in [-0.1, -0.05) is 30.9 Å². The maximum absolute atomic E-state index is 13.1. The van der Waals surface area contributed by atoms with Crippen molar-refractivity contribution in [3.05, 3.63) is 58.9 Å². The van der Waals surface area contributed by atoms with Crippen LogP contribution in [0.1, 0.15) is 42.5 Å². The average molecular weight is 425 g/mol. The molecular weight excluding hydrogens is 403 g/mol. The number of rotatable bonds is 5. The van der Waals surface area contributed by atoms with Crippen LogP contribution < -0.4 is 9.62 Å². The molecule has 1 N–H and O–H groups in total. The highest BCUT2D eigenvalue weighted by Gasteiger charge is 2.25. The number of anilines is 1. The van der Waals surface area contributed by atoms with E-state index in [9.17, 15) is 17.6 Å². The zero-order chi connectivity index (χ0) is 20.3. The lowest BCUT2D eigenvalue weighted by atomic mass is 9.95. The van der Waals surface area contributed by atoms with Gasteiger partial charge in [0.1, 0.15) is 5.82 Å². The van der Waals surface area contributed by atoms with Gasteiger partial charge in [-0.25, -0.2) is 12.8 Å². The molecule has 2 aromatic rings. The van der Waals surface area contributed by atoms with Gasteiger partial charge in [-0.2, -0.15) is 0 Å². The van der Waals surface area contributed by atoms with Gasteiger partial charge in [0, 0.05) is 13.1 Å². The first-order chi connectivity index (χ1) is 13.3. The van der Waals surface area contributed by atoms with E-state index in [1.807, 2.05) is 0 Å². The molecule has 0 atom stereocenters. The highest BCUT2D eigenvalue weighted by atomic mass is 35.5. The number of benzene rings is 2. The molecule has 1 aliphatic carbocycles. The first-order valence-corrected chi connectivity index (χ1v) is 11.0. The maximum atomic E-state index is 13.1. The van der Waals surface area contributed by atoms with E-state index in [1.165, 1.54) is 49.5 Å². The summed E-state index contributed by atoms with van der Waals surface area (Å²) in [6, 6.07) is 9.25. The Labute approximate surface area is 169 Å². The molecule has 1 amide bonds. The molecule has 5 nitrogen and oxygen atoms in total. The molecule has 0 spiro atoms. The molecule has 1 aliphatic rings. The molecule has 150 valence electrons. The summed E-state index contributed by atoms with van der Waals surface area (Å²) in [5.41, 5.74) is 0.436. The van der Waals surface area contributed by atoms with Crippen LogP contribution in [0.4, 0.5) is 10.1 Å². The van der Waals surface area contributed by atoms with Crippen molar-refractivity contribution >= 4 is 33.2 Å². The Morgan fingerprint density at radius 3 is 2.39 bits per heavy atom. The van der Waals surface area contributed by atoms with Gasteiger partial charge in [-0.05, 0) is 55.3 Å². The zero-order valence-corrected chi connectivity index (χ0v) is 17.1. The third-order valence-electron chi connectivity index (χ3n) is 4.97. The van der Waals surface area contributed by atoms with Gasteiger partial charge >= 0.3 is 0 Å². The number of nitrogens with one attached hydrogen (secondary N) is 1. The van der Waals surface area contributed by atoms with Crippen LogP contribution in [0.5, 0.6) is 0 Å². The lowest BCUT2D eigenvalue weighted by molar-refractivity contribution is 0.0927. The third kappa shape index (κ3) is 4.47. The topological polar surface area (TPSA) is 66.5 Å². The summed E-state index contributed by atoms with van der Waals surface area (Å²) in [6.45, 7) is 0. The van der Waals surface area contributed by atoms with Gasteiger partial charge in [-0.15, -0.1) is 0 Å². The van der Waals surface area contributed by atoms with Crippen LogP contribution in [0.15, 0.2) is 47.4 Å². The van der Waals surface area contributed by atoms with Crippen LogP contribution in [0.3, 0.4) is 0 Å². The normalized spacial score (nSPS) is 15.2. The average Bonchev–Trinajstić information content (AvgIpc) is 2.69. The molecular formula is C20H22ClFN2O3S. The minimum absolute atomic E-state index is 0.0579. The van der Waals surface area contributed by atoms with Crippen molar-refractivity contribution in [2.45, 2.75) is 43.0 Å². The largest absolute Gasteiger partial charge is 0.349 e. The summed E-state index contributed by atoms with van der Waals surface area (Å²) in [4.78, 5) is 12.6. The first kappa shape index (κ1) is 20.6. The summed E-state index contributed by atoms with van der Waals surface area (Å²) < 4.78 is 40.1. The van der Waals surface area contributed by atoms with E-state index < -0.39 is 15.8 Å². The fraction of sp³-hybridized carbons (Fsp3) is 0.350. The summed E-state index contributed by atoms with van der Waals surface area (Å²) in [7, 11) is -2.56. The van der Waals surface area contributed by atoms with E-state index in [-0.39, 0.29) is 27.4 Å². The zero-order valence-electron chi connectivity index (χ0n) is 15.5. The van der Waals surface area contributed by atoms with E-state index in [0.717, 1.165) is 36.4 Å². The molecule has 1 fully saturated rings. The van der Waals surface area contributed by atoms with E-state index in [0.29, 0.717) is 5.69 Å². The van der Waals surface area contributed by atoms with Gasteiger partial charge in [0.25, 0.3) is 15.9 Å². The van der Waals surface area contributed by atoms with Crippen molar-refractivity contribution in [2.24, 2.45) is 0 Å². The Hall–Kier alpha value is -2.12. The van der Waals surface area contributed by atoms with Crippen LogP contribution in [-0.2, 0) is 10.0 Å². The Morgan fingerprint density at radius 1 is 1.11 bits per heavy atom. The summed E-state index contributed by atoms with van der Waals surface area (Å²) in [6.07, 6.45) is 5.12. The van der Waals surface area contributed by atoms with Crippen LogP contribution in [0.25, 0.3) is 0 Å². The second kappa shape index (κ2) is 8.49. The van der Waals surface area contributed by atoms with Crippen molar-refractivity contribution in [1.29, 1.82) is 0 Å². The number of carbonyl (C=O) groups excluding carboxylic acids is 1. The monoisotopic (exact) mass is 424 g/mol. The van der Waals surface area contributed by atoms with Gasteiger partial charge in [0.05, 0.1) is 21.2 Å². The van der Waals surface area contributed by atoms with Crippen molar-refractivity contribution in [1.82, 2.24) is 5.32 Å². The molecule has 0 heterocycles. The molecule has 2 aromatic carbocycles. The van der Waals surface area contributed by atoms with Crippen LogP contribution >= 0.6 is 11.6 Å². The van der Waals surface area contributed by atoms with E-state index >= 15 is 0 Å². The Kier molecular flexibility index (Phi) is 6.25. The number of hydrogen-bond acceptors (Lipinski definition) is 3. The second-order valence-electron chi connectivity index (χ2n) is 6.90. The quantitative estimate of drug-likeness (QED) is 0.775. The number of hydrogen-bond donors (Lipinski definition) is 1. The van der Waals surface area contributed by atoms with Gasteiger partial charge in [0.15, 0.2) is 0 Å². The van der Waals surface area contributed by atoms with Crippen LogP contribution in [0.2, 0.25) is 5.02 Å². The minimum Gasteiger partial charge on any atom is -0.349 e. The number of halogens is 2. The Morgan fingerprint density at radius 2 is 1.75 bits per heavy atom. The van der Waals surface area contributed by atoms with Gasteiger partial charge in [0.2, 0.25) is 0 Å². The number of nitrogens with zero attached hydrogens (tertiary/aromatic N) is 1. The fourth-order valence-corrected chi connectivity index (χ4v) is 4.72. The molecule has 0 unspecified atom stereocenters. The summed E-state index contributed by atoms with van der Waals surface area (Å²) >= 11 is 6.16. The van der Waals surface area contributed by atoms with Crippen molar-refractivity contribution in [3.63, 3.8) is 0 Å². The van der Waals surface area contributed by atoms with Crippen molar-refractivity contribution < 1.29 is 17.6 Å². The fourth-order valence-electron chi connectivity index (χ4n) is 3.30. The van der Waals surface area contributed by atoms with Crippen LogP contribution in [-0.4, -0.2) is 27.4 Å². The Bertz CT molecular complexity index is 958. The lowest BCUT2D eigenvalue weighted by Crippen LogP contribution is -2.36. The highest BCUT2D eigenvalue weighted by molar-refractivity contribution is 7.92. The highest BCUT2D eigenvalue weighted by Crippen LogP contribution is 2.26. The number of sulfonamides is 1. The van der Waals surface area contributed by atoms with Gasteiger partial charge < -0.3 is 5.32 Å². The summed E-state index contributed by atoms with van der Waals surface area (Å²) in [5, 5.41) is 3.14. The SMILES string of the molecule is CN(c1ccc(F)cc1)S(=O)(=O)c1ccc(Cl)c(C(=O)NC2CCCCC2)c1. The smallest absolute Gasteiger partial charge is 0.264 e. The molecule has 1 saturated carbocycles. The van der Waals surface area contributed by atoms with E-state index in [4.69, 9.17) is 11.6 Å². The van der Waals surface area contributed by atoms with Crippen molar-refractivity contribution in [2.75, 3.05) is 11.4 Å². The number of amides is 1. The predicted molar refractivity (Wildman–Crippen MR) is 108 cm³/mol. The first-order valence-electron chi connectivity index (χ1n) is 9.14. The van der Waals surface area contributed by atoms with Crippen molar-refractivity contribution in [3.8, 4) is 0 Å². The van der Waals surface area contributed by atoms with Gasteiger partial charge in [-0.3, -0.25) is 9.10 Å². The van der Waals surface area contributed by atoms with Crippen LogP contribution in [0, 0.1) is 5.82 Å². The molecule has 0 aromatic heterocycles. The molecule has 0 bridgehead atoms. The molecule has 3 rings (SSSR count). The minimum atomic E-state index is -3.94. The Balaban J connectivity index is 1.86. The molecule has 0 radical (unpaired) electrons. The predicted octanol–water partition coefficient (Wildman–Crippen LogP) is 4.37. The maximum Gasteiger partial charge on any atom is 0.264 e. The third-order valence-corrected chi connectivity index (χ3v) is 7.08. The van der Waals surface area contributed by atoms with E-state index in [1.54, 1.807) is 0 Å². The van der Waals surface area contributed by atoms with E-state index in [2.05, 4.69) is 5.32 Å². The molecule has 0 saturated heterocycles. The summed E-state index contributed by atoms with van der Waals surface area (Å²) in [5.74, 6) is -0.832. The standard InChI is InChI=1S/C20H22ClFN2O3S/c1-24(16-9-7-14(22)8-10-16)28(26,27)17-11-12-19(21)18(13-17)20(25)23-15-5-3-2-4-6-15/h7-13,15H,2-6H2,1H3,(H,23,25). The molecule has 8 heteroatoms. The molecule has 0 aliphatic heterocycles. The molecule has 28 heavy (non-hydrogen) atoms. The number of carbonyl (C=O) groups is 1. The second-order valence-corrected chi connectivity index (χ2v) is 9.28.